The molecular weight excluding hydrogens is 265 g/mol. The van der Waals surface area contributed by atoms with Crippen molar-refractivity contribution < 1.29 is 0 Å². The number of halogens is 2. The third kappa shape index (κ3) is 2.08. The third-order valence-corrected chi connectivity index (χ3v) is 2.18. The van der Waals surface area contributed by atoms with Crippen molar-refractivity contribution in [1.82, 2.24) is 15.0 Å². The molecule has 0 bridgehead atoms. The van der Waals surface area contributed by atoms with Crippen molar-refractivity contribution in [1.29, 1.82) is 0 Å². The summed E-state index contributed by atoms with van der Waals surface area (Å²) in [5, 5.41) is 0.408. The Bertz CT molecular complexity index is 427. The average molecular weight is 271 g/mol. The normalized spacial score (nSPS) is 10.1. The van der Waals surface area contributed by atoms with Crippen LogP contribution in [0.2, 0.25) is 5.15 Å². The van der Waals surface area contributed by atoms with Gasteiger partial charge in [0.15, 0.2) is 5.82 Å². The molecule has 0 radical (unpaired) electrons. The Labute approximate surface area is 94.3 Å². The molecule has 2 heterocycles. The summed E-state index contributed by atoms with van der Waals surface area (Å²) in [4.78, 5) is 12.3. The molecule has 0 aliphatic heterocycles. The number of pyridine rings is 1. The molecule has 0 spiro atoms. The van der Waals surface area contributed by atoms with Gasteiger partial charge in [0.1, 0.15) is 9.76 Å². The quantitative estimate of drug-likeness (QED) is 0.748. The molecule has 0 fully saturated rings. The van der Waals surface area contributed by atoms with E-state index in [1.807, 2.05) is 12.1 Å². The molecule has 5 heteroatoms. The Morgan fingerprint density at radius 3 is 2.79 bits per heavy atom. The predicted molar refractivity (Wildman–Crippen MR) is 58.0 cm³/mol. The van der Waals surface area contributed by atoms with Crippen molar-refractivity contribution in [2.24, 2.45) is 0 Å². The zero-order valence-electron chi connectivity index (χ0n) is 6.98. The first-order valence-electron chi connectivity index (χ1n) is 3.86. The highest BCUT2D eigenvalue weighted by atomic mass is 79.9. The third-order valence-electron chi connectivity index (χ3n) is 1.58. The van der Waals surface area contributed by atoms with Gasteiger partial charge in [0.05, 0.1) is 0 Å². The maximum atomic E-state index is 5.80. The van der Waals surface area contributed by atoms with Crippen LogP contribution in [0.3, 0.4) is 0 Å². The zero-order valence-corrected chi connectivity index (χ0v) is 9.33. The number of hydrogen-bond acceptors (Lipinski definition) is 3. The summed E-state index contributed by atoms with van der Waals surface area (Å²) in [6.07, 6.45) is 3.39. The van der Waals surface area contributed by atoms with Gasteiger partial charge in [-0.25, -0.2) is 9.97 Å². The zero-order chi connectivity index (χ0) is 9.97. The molecule has 0 atom stereocenters. The molecule has 0 saturated carbocycles. The molecule has 0 amide bonds. The lowest BCUT2D eigenvalue weighted by molar-refractivity contribution is 1.14. The molecule has 14 heavy (non-hydrogen) atoms. The van der Waals surface area contributed by atoms with Crippen LogP contribution in [0.4, 0.5) is 0 Å². The number of nitrogens with zero attached hydrogens (tertiary/aromatic N) is 3. The van der Waals surface area contributed by atoms with Crippen LogP contribution >= 0.6 is 27.5 Å². The van der Waals surface area contributed by atoms with Gasteiger partial charge in [-0.05, 0) is 28.1 Å². The maximum absolute atomic E-state index is 5.80. The Morgan fingerprint density at radius 2 is 2.14 bits per heavy atom. The highest BCUT2D eigenvalue weighted by molar-refractivity contribution is 9.10. The van der Waals surface area contributed by atoms with Crippen molar-refractivity contribution in [3.8, 4) is 11.4 Å². The van der Waals surface area contributed by atoms with E-state index >= 15 is 0 Å². The van der Waals surface area contributed by atoms with Crippen LogP contribution in [0.5, 0.6) is 0 Å². The van der Waals surface area contributed by atoms with E-state index in [4.69, 9.17) is 11.6 Å². The molecule has 3 nitrogen and oxygen atoms in total. The van der Waals surface area contributed by atoms with Crippen molar-refractivity contribution in [3.05, 3.63) is 40.3 Å². The molecule has 0 aliphatic rings. The van der Waals surface area contributed by atoms with Crippen LogP contribution in [0.15, 0.2) is 35.2 Å². The minimum Gasteiger partial charge on any atom is -0.264 e. The van der Waals surface area contributed by atoms with Crippen LogP contribution in [0, 0.1) is 0 Å². The van der Waals surface area contributed by atoms with Gasteiger partial charge >= 0.3 is 0 Å². The van der Waals surface area contributed by atoms with Crippen LogP contribution in [-0.4, -0.2) is 15.0 Å². The lowest BCUT2D eigenvalue weighted by Crippen LogP contribution is -1.90. The van der Waals surface area contributed by atoms with E-state index in [1.165, 1.54) is 0 Å². The largest absolute Gasteiger partial charge is 0.264 e. The van der Waals surface area contributed by atoms with Gasteiger partial charge in [-0.2, -0.15) is 0 Å². The monoisotopic (exact) mass is 269 g/mol. The van der Waals surface area contributed by atoms with E-state index < -0.39 is 0 Å². The fourth-order valence-corrected chi connectivity index (χ4v) is 1.71. The first-order valence-corrected chi connectivity index (χ1v) is 5.03. The molecule has 0 aromatic carbocycles. The number of hydrogen-bond donors (Lipinski definition) is 0. The second-order valence-electron chi connectivity index (χ2n) is 2.58. The van der Waals surface area contributed by atoms with Crippen molar-refractivity contribution >= 4 is 27.5 Å². The SMILES string of the molecule is Clc1cc(Br)nc(-c2cccnc2)n1. The van der Waals surface area contributed by atoms with Gasteiger partial charge in [0.2, 0.25) is 0 Å². The van der Waals surface area contributed by atoms with Crippen molar-refractivity contribution in [3.63, 3.8) is 0 Å². The molecule has 0 unspecified atom stereocenters. The summed E-state index contributed by atoms with van der Waals surface area (Å²) in [6.45, 7) is 0. The van der Waals surface area contributed by atoms with Crippen molar-refractivity contribution in [2.75, 3.05) is 0 Å². The van der Waals surface area contributed by atoms with Gasteiger partial charge in [0, 0.05) is 24.0 Å². The van der Waals surface area contributed by atoms with Crippen LogP contribution in [-0.2, 0) is 0 Å². The highest BCUT2D eigenvalue weighted by Gasteiger charge is 2.03. The molecule has 2 rings (SSSR count). The second-order valence-corrected chi connectivity index (χ2v) is 3.78. The van der Waals surface area contributed by atoms with E-state index in [-0.39, 0.29) is 0 Å². The molecular formula is C9H5BrClN3. The first kappa shape index (κ1) is 9.55. The standard InChI is InChI=1S/C9H5BrClN3/c10-7-4-8(11)14-9(13-7)6-2-1-3-12-5-6/h1-5H. The number of aromatic nitrogens is 3. The van der Waals surface area contributed by atoms with E-state index in [0.717, 1.165) is 5.56 Å². The van der Waals surface area contributed by atoms with Crippen molar-refractivity contribution in [2.45, 2.75) is 0 Å². The molecule has 0 saturated heterocycles. The molecule has 0 aliphatic carbocycles. The summed E-state index contributed by atoms with van der Waals surface area (Å²) in [6, 6.07) is 5.35. The van der Waals surface area contributed by atoms with Gasteiger partial charge < -0.3 is 0 Å². The van der Waals surface area contributed by atoms with E-state index in [9.17, 15) is 0 Å². The molecule has 70 valence electrons. The Morgan fingerprint density at radius 1 is 1.29 bits per heavy atom. The van der Waals surface area contributed by atoms with Gasteiger partial charge in [0.25, 0.3) is 0 Å². The second kappa shape index (κ2) is 4.02. The minimum absolute atomic E-state index is 0.408. The average Bonchev–Trinajstić information content (AvgIpc) is 2.18. The first-order chi connectivity index (χ1) is 6.75. The summed E-state index contributed by atoms with van der Waals surface area (Å²) in [5.74, 6) is 0.567. The Kier molecular flexibility index (Phi) is 2.74. The Balaban J connectivity index is 2.52. The van der Waals surface area contributed by atoms with Gasteiger partial charge in [-0.15, -0.1) is 0 Å². The van der Waals surface area contributed by atoms with Crippen LogP contribution in [0.25, 0.3) is 11.4 Å². The molecule has 2 aromatic rings. The summed E-state index contributed by atoms with van der Waals surface area (Å²) < 4.78 is 0.663. The smallest absolute Gasteiger partial charge is 0.163 e. The highest BCUT2D eigenvalue weighted by Crippen LogP contribution is 2.19. The van der Waals surface area contributed by atoms with E-state index in [1.54, 1.807) is 18.5 Å². The van der Waals surface area contributed by atoms with Crippen LogP contribution in [0.1, 0.15) is 0 Å². The predicted octanol–water partition coefficient (Wildman–Crippen LogP) is 2.95. The van der Waals surface area contributed by atoms with Gasteiger partial charge in [-0.3, -0.25) is 4.98 Å². The fraction of sp³-hybridized carbons (Fsp3) is 0. The molecule has 2 aromatic heterocycles. The van der Waals surface area contributed by atoms with E-state index in [2.05, 4.69) is 30.9 Å². The number of rotatable bonds is 1. The maximum Gasteiger partial charge on any atom is 0.163 e. The lowest BCUT2D eigenvalue weighted by atomic mass is 10.3. The molecule has 0 N–H and O–H groups in total. The topological polar surface area (TPSA) is 38.7 Å². The lowest BCUT2D eigenvalue weighted by Gasteiger charge is -1.99. The van der Waals surface area contributed by atoms with Gasteiger partial charge in [-0.1, -0.05) is 11.6 Å². The van der Waals surface area contributed by atoms with Crippen LogP contribution < -0.4 is 0 Å². The fourth-order valence-electron chi connectivity index (χ4n) is 1.01. The Hall–Kier alpha value is -1.00. The summed E-state index contributed by atoms with van der Waals surface area (Å²) >= 11 is 9.05. The van der Waals surface area contributed by atoms with E-state index in [0.29, 0.717) is 15.6 Å². The summed E-state index contributed by atoms with van der Waals surface area (Å²) in [7, 11) is 0. The minimum atomic E-state index is 0.408. The summed E-state index contributed by atoms with van der Waals surface area (Å²) in [5.41, 5.74) is 0.843.